The number of hydrogen-bond acceptors (Lipinski definition) is 7. The van der Waals surface area contributed by atoms with Crippen molar-refractivity contribution in [2.45, 2.75) is 39.3 Å². The number of likely N-dealkylation sites (tertiary alicyclic amines) is 1. The first kappa shape index (κ1) is 26.7. The molecule has 2 aliphatic rings. The van der Waals surface area contributed by atoms with Crippen molar-refractivity contribution in [2.75, 3.05) is 46.0 Å². The maximum absolute atomic E-state index is 13.3. The maximum Gasteiger partial charge on any atom is 0.295 e. The number of ether oxygens (including phenoxy) is 3. The zero-order valence-corrected chi connectivity index (χ0v) is 21.8. The summed E-state index contributed by atoms with van der Waals surface area (Å²) in [6, 6.07) is 13.6. The van der Waals surface area contributed by atoms with E-state index >= 15 is 0 Å². The Morgan fingerprint density at radius 1 is 1.00 bits per heavy atom. The van der Waals surface area contributed by atoms with E-state index in [1.807, 2.05) is 45.0 Å². The summed E-state index contributed by atoms with van der Waals surface area (Å²) in [6.45, 7) is 10.4. The zero-order valence-electron chi connectivity index (χ0n) is 21.8. The van der Waals surface area contributed by atoms with Gasteiger partial charge in [-0.3, -0.25) is 14.5 Å². The minimum absolute atomic E-state index is 0.0144. The van der Waals surface area contributed by atoms with Crippen molar-refractivity contribution in [1.82, 2.24) is 9.80 Å². The third-order valence-electron chi connectivity index (χ3n) is 6.47. The first-order valence-corrected chi connectivity index (χ1v) is 13.0. The van der Waals surface area contributed by atoms with Gasteiger partial charge in [-0.2, -0.15) is 0 Å². The van der Waals surface area contributed by atoms with Gasteiger partial charge < -0.3 is 24.2 Å². The van der Waals surface area contributed by atoms with Crippen LogP contribution in [0.15, 0.2) is 54.1 Å². The van der Waals surface area contributed by atoms with Gasteiger partial charge >= 0.3 is 0 Å². The fourth-order valence-electron chi connectivity index (χ4n) is 4.62. The van der Waals surface area contributed by atoms with Gasteiger partial charge in [-0.1, -0.05) is 19.1 Å². The van der Waals surface area contributed by atoms with Crippen LogP contribution in [0, 0.1) is 0 Å². The Bertz CT molecular complexity index is 1100. The Kier molecular flexibility index (Phi) is 8.84. The summed E-state index contributed by atoms with van der Waals surface area (Å²) in [4.78, 5) is 30.3. The first-order chi connectivity index (χ1) is 17.9. The molecule has 2 saturated heterocycles. The highest BCUT2D eigenvalue weighted by molar-refractivity contribution is 6.46. The Hall–Kier alpha value is -3.36. The minimum atomic E-state index is -0.701. The quantitative estimate of drug-likeness (QED) is 0.295. The predicted molar refractivity (Wildman–Crippen MR) is 141 cm³/mol. The van der Waals surface area contributed by atoms with E-state index in [0.717, 1.165) is 30.8 Å². The van der Waals surface area contributed by atoms with E-state index in [-0.39, 0.29) is 17.4 Å². The number of carbonyl (C=O) groups excluding carboxylic acids is 2. The van der Waals surface area contributed by atoms with Gasteiger partial charge in [-0.25, -0.2) is 0 Å². The van der Waals surface area contributed by atoms with E-state index in [0.29, 0.717) is 44.2 Å². The molecule has 8 nitrogen and oxygen atoms in total. The van der Waals surface area contributed by atoms with Gasteiger partial charge in [0.2, 0.25) is 0 Å². The Balaban J connectivity index is 1.68. The molecule has 198 valence electrons. The Morgan fingerprint density at radius 2 is 1.65 bits per heavy atom. The van der Waals surface area contributed by atoms with Crippen molar-refractivity contribution in [3.8, 4) is 11.5 Å². The number of nitrogens with zero attached hydrogens (tertiary/aromatic N) is 2. The third-order valence-corrected chi connectivity index (χ3v) is 6.47. The zero-order chi connectivity index (χ0) is 26.4. The fourth-order valence-corrected chi connectivity index (χ4v) is 4.62. The number of aliphatic hydroxyl groups is 1. The van der Waals surface area contributed by atoms with E-state index in [2.05, 4.69) is 4.90 Å². The van der Waals surface area contributed by atoms with E-state index < -0.39 is 17.7 Å². The molecule has 1 amide bonds. The van der Waals surface area contributed by atoms with Crippen molar-refractivity contribution in [2.24, 2.45) is 0 Å². The summed E-state index contributed by atoms with van der Waals surface area (Å²) in [5.74, 6) is -0.0999. The third kappa shape index (κ3) is 6.32. The summed E-state index contributed by atoms with van der Waals surface area (Å²) in [5, 5.41) is 11.3. The van der Waals surface area contributed by atoms with Gasteiger partial charge in [0, 0.05) is 31.7 Å². The molecule has 0 aromatic heterocycles. The van der Waals surface area contributed by atoms with Crippen molar-refractivity contribution in [3.05, 3.63) is 65.2 Å². The number of Topliss-reactive ketones (excluding diaryl/α,β-unsaturated/α-hetero) is 1. The highest BCUT2D eigenvalue weighted by atomic mass is 16.5. The Morgan fingerprint density at radius 3 is 2.27 bits per heavy atom. The predicted octanol–water partition coefficient (Wildman–Crippen LogP) is 4.02. The van der Waals surface area contributed by atoms with Gasteiger partial charge in [-0.05, 0) is 62.2 Å². The average Bonchev–Trinajstić information content (AvgIpc) is 3.16. The lowest BCUT2D eigenvalue weighted by molar-refractivity contribution is -0.140. The molecule has 2 heterocycles. The molecule has 2 aromatic carbocycles. The number of morpholine rings is 1. The molecule has 0 spiro atoms. The standard InChI is InChI=1S/C29H36N2O6/c1-4-17-36-23-9-5-21(6-10-23)26-25(27(32)22-7-11-24(12-8-22)37-20(2)3)28(33)29(34)31(26)14-13-30-15-18-35-19-16-30/h5-12,20,26,32H,4,13-19H2,1-3H3/t26-/m0/s1. The molecule has 2 aliphatic heterocycles. The molecule has 4 rings (SSSR count). The van der Waals surface area contributed by atoms with Crippen LogP contribution in [0.4, 0.5) is 0 Å². The second-order valence-corrected chi connectivity index (χ2v) is 9.55. The molecule has 1 atom stereocenters. The van der Waals surface area contributed by atoms with Gasteiger partial charge in [0.25, 0.3) is 11.7 Å². The average molecular weight is 509 g/mol. The first-order valence-electron chi connectivity index (χ1n) is 13.0. The number of amides is 1. The van der Waals surface area contributed by atoms with Crippen LogP contribution in [0.25, 0.3) is 5.76 Å². The van der Waals surface area contributed by atoms with Crippen molar-refractivity contribution >= 4 is 17.4 Å². The van der Waals surface area contributed by atoms with Crippen LogP contribution in [0.1, 0.15) is 44.4 Å². The Labute approximate surface area is 218 Å². The van der Waals surface area contributed by atoms with Crippen LogP contribution in [0.2, 0.25) is 0 Å². The lowest BCUT2D eigenvalue weighted by atomic mass is 9.95. The van der Waals surface area contributed by atoms with Crippen LogP contribution in [-0.2, 0) is 14.3 Å². The van der Waals surface area contributed by atoms with Gasteiger partial charge in [0.05, 0.1) is 37.5 Å². The van der Waals surface area contributed by atoms with Crippen molar-refractivity contribution in [1.29, 1.82) is 0 Å². The van der Waals surface area contributed by atoms with Crippen LogP contribution >= 0.6 is 0 Å². The number of carbonyl (C=O) groups is 2. The van der Waals surface area contributed by atoms with Crippen LogP contribution in [-0.4, -0.2) is 78.7 Å². The van der Waals surface area contributed by atoms with Crippen LogP contribution < -0.4 is 9.47 Å². The summed E-state index contributed by atoms with van der Waals surface area (Å²) in [7, 11) is 0. The van der Waals surface area contributed by atoms with Crippen LogP contribution in [0.5, 0.6) is 11.5 Å². The van der Waals surface area contributed by atoms with Gasteiger partial charge in [0.1, 0.15) is 17.3 Å². The van der Waals surface area contributed by atoms with Gasteiger partial charge in [0.15, 0.2) is 0 Å². The molecule has 2 aromatic rings. The number of aliphatic hydroxyl groups excluding tert-OH is 1. The lowest BCUT2D eigenvalue weighted by Gasteiger charge is -2.31. The highest BCUT2D eigenvalue weighted by Gasteiger charge is 2.46. The second-order valence-electron chi connectivity index (χ2n) is 9.55. The fraction of sp³-hybridized carbons (Fsp3) is 0.448. The summed E-state index contributed by atoms with van der Waals surface area (Å²) in [6.07, 6.45) is 0.908. The molecule has 0 aliphatic carbocycles. The van der Waals surface area contributed by atoms with E-state index in [1.165, 1.54) is 0 Å². The monoisotopic (exact) mass is 508 g/mol. The molecule has 8 heteroatoms. The SMILES string of the molecule is CCCOc1ccc([C@H]2C(=C(O)c3ccc(OC(C)C)cc3)C(=O)C(=O)N2CCN2CCOCC2)cc1. The molecule has 1 N–H and O–H groups in total. The lowest BCUT2D eigenvalue weighted by Crippen LogP contribution is -2.42. The van der Waals surface area contributed by atoms with Crippen molar-refractivity contribution < 1.29 is 28.9 Å². The number of benzene rings is 2. The van der Waals surface area contributed by atoms with Crippen molar-refractivity contribution in [3.63, 3.8) is 0 Å². The molecule has 37 heavy (non-hydrogen) atoms. The van der Waals surface area contributed by atoms with Crippen LogP contribution in [0.3, 0.4) is 0 Å². The summed E-state index contributed by atoms with van der Waals surface area (Å²) in [5.41, 5.74) is 1.29. The molecule has 0 radical (unpaired) electrons. The number of ketones is 1. The number of hydrogen-bond donors (Lipinski definition) is 1. The van der Waals surface area contributed by atoms with Gasteiger partial charge in [-0.15, -0.1) is 0 Å². The topological polar surface area (TPSA) is 88.5 Å². The minimum Gasteiger partial charge on any atom is -0.507 e. The van der Waals surface area contributed by atoms with E-state index in [9.17, 15) is 14.7 Å². The number of rotatable bonds is 10. The summed E-state index contributed by atoms with van der Waals surface area (Å²) >= 11 is 0. The molecule has 0 bridgehead atoms. The molecular weight excluding hydrogens is 472 g/mol. The molecular formula is C29H36N2O6. The summed E-state index contributed by atoms with van der Waals surface area (Å²) < 4.78 is 16.8. The smallest absolute Gasteiger partial charge is 0.295 e. The highest BCUT2D eigenvalue weighted by Crippen LogP contribution is 2.40. The largest absolute Gasteiger partial charge is 0.507 e. The van der Waals surface area contributed by atoms with E-state index in [4.69, 9.17) is 14.2 Å². The molecule has 0 saturated carbocycles. The molecule has 0 unspecified atom stereocenters. The normalized spacial score (nSPS) is 20.0. The van der Waals surface area contributed by atoms with E-state index in [1.54, 1.807) is 29.2 Å². The maximum atomic E-state index is 13.3. The second kappa shape index (κ2) is 12.3. The molecule has 2 fully saturated rings.